The van der Waals surface area contributed by atoms with Gasteiger partial charge in [-0.2, -0.15) is 13.2 Å². The molecule has 1 aromatic rings. The molecule has 2 N–H and O–H groups in total. The van der Waals surface area contributed by atoms with Gasteiger partial charge in [0.15, 0.2) is 0 Å². The number of para-hydroxylation sites is 1. The molecule has 0 aliphatic heterocycles. The largest absolute Gasteiger partial charge is 0.411 e. The summed E-state index contributed by atoms with van der Waals surface area (Å²) in [7, 11) is 0. The molecule has 0 bridgehead atoms. The highest BCUT2D eigenvalue weighted by Crippen LogP contribution is 2.14. The number of rotatable bonds is 7. The molecular formula is C12H14F4N2O2. The number of alkyl halides is 3. The van der Waals surface area contributed by atoms with Gasteiger partial charge in [-0.3, -0.25) is 4.79 Å². The van der Waals surface area contributed by atoms with Crippen LogP contribution in [-0.2, 0) is 9.53 Å². The van der Waals surface area contributed by atoms with Gasteiger partial charge >= 0.3 is 6.18 Å². The van der Waals surface area contributed by atoms with Gasteiger partial charge < -0.3 is 15.4 Å². The number of halogens is 4. The Morgan fingerprint density at radius 2 is 1.95 bits per heavy atom. The Balaban J connectivity index is 2.14. The van der Waals surface area contributed by atoms with Crippen LogP contribution in [0, 0.1) is 5.82 Å². The predicted molar refractivity (Wildman–Crippen MR) is 64.8 cm³/mol. The van der Waals surface area contributed by atoms with E-state index in [4.69, 9.17) is 0 Å². The lowest BCUT2D eigenvalue weighted by Gasteiger charge is -2.09. The second-order valence-electron chi connectivity index (χ2n) is 3.87. The first-order chi connectivity index (χ1) is 9.38. The second kappa shape index (κ2) is 7.81. The van der Waals surface area contributed by atoms with E-state index in [-0.39, 0.29) is 25.4 Å². The van der Waals surface area contributed by atoms with Crippen LogP contribution in [0.15, 0.2) is 24.3 Å². The van der Waals surface area contributed by atoms with Crippen molar-refractivity contribution >= 4 is 11.6 Å². The van der Waals surface area contributed by atoms with E-state index in [0.717, 1.165) is 0 Å². The molecule has 0 aliphatic carbocycles. The fraction of sp³-hybridized carbons (Fsp3) is 0.417. The van der Waals surface area contributed by atoms with Crippen LogP contribution in [0.4, 0.5) is 23.2 Å². The van der Waals surface area contributed by atoms with Crippen molar-refractivity contribution in [2.45, 2.75) is 6.18 Å². The van der Waals surface area contributed by atoms with E-state index in [1.807, 2.05) is 0 Å². The van der Waals surface area contributed by atoms with Crippen molar-refractivity contribution in [2.75, 3.05) is 31.6 Å². The van der Waals surface area contributed by atoms with E-state index in [1.54, 1.807) is 6.07 Å². The van der Waals surface area contributed by atoms with Crippen molar-refractivity contribution in [2.24, 2.45) is 0 Å². The number of amides is 1. The first-order valence-corrected chi connectivity index (χ1v) is 5.78. The molecule has 112 valence electrons. The van der Waals surface area contributed by atoms with Crippen LogP contribution < -0.4 is 10.6 Å². The number of anilines is 1. The summed E-state index contributed by atoms with van der Waals surface area (Å²) in [5.41, 5.74) is 0.0487. The zero-order valence-electron chi connectivity index (χ0n) is 10.5. The molecule has 0 radical (unpaired) electrons. The highest BCUT2D eigenvalue weighted by atomic mass is 19.4. The lowest BCUT2D eigenvalue weighted by molar-refractivity contribution is -0.173. The summed E-state index contributed by atoms with van der Waals surface area (Å²) < 4.78 is 52.7. The SMILES string of the molecule is O=C(CNCCOCC(F)(F)F)Nc1ccccc1F. The first kappa shape index (κ1) is 16.4. The Kier molecular flexibility index (Phi) is 6.40. The van der Waals surface area contributed by atoms with Crippen LogP contribution in [0.2, 0.25) is 0 Å². The maximum Gasteiger partial charge on any atom is 0.411 e. The summed E-state index contributed by atoms with van der Waals surface area (Å²) in [4.78, 5) is 11.4. The molecule has 0 unspecified atom stereocenters. The van der Waals surface area contributed by atoms with Gasteiger partial charge in [0.05, 0.1) is 18.8 Å². The highest BCUT2D eigenvalue weighted by molar-refractivity contribution is 5.92. The molecule has 0 fully saturated rings. The van der Waals surface area contributed by atoms with Crippen molar-refractivity contribution in [3.63, 3.8) is 0 Å². The summed E-state index contributed by atoms with van der Waals surface area (Å²) in [5, 5.41) is 4.91. The van der Waals surface area contributed by atoms with Crippen molar-refractivity contribution in [1.29, 1.82) is 0 Å². The van der Waals surface area contributed by atoms with E-state index in [0.29, 0.717) is 0 Å². The van der Waals surface area contributed by atoms with Gasteiger partial charge in [-0.1, -0.05) is 12.1 Å². The third-order valence-electron chi connectivity index (χ3n) is 2.12. The molecule has 0 saturated heterocycles. The molecule has 1 amide bonds. The number of nitrogens with one attached hydrogen (secondary N) is 2. The molecule has 8 heteroatoms. The zero-order valence-corrected chi connectivity index (χ0v) is 10.5. The normalized spacial score (nSPS) is 11.4. The van der Waals surface area contributed by atoms with E-state index in [1.165, 1.54) is 18.2 Å². The summed E-state index contributed by atoms with van der Waals surface area (Å²) in [6, 6.07) is 5.66. The van der Waals surface area contributed by atoms with E-state index >= 15 is 0 Å². The molecule has 20 heavy (non-hydrogen) atoms. The summed E-state index contributed by atoms with van der Waals surface area (Å²) in [5.74, 6) is -1.06. The van der Waals surface area contributed by atoms with Crippen molar-refractivity contribution in [3.05, 3.63) is 30.1 Å². The molecule has 0 atom stereocenters. The number of hydrogen-bond donors (Lipinski definition) is 2. The Morgan fingerprint density at radius 3 is 2.60 bits per heavy atom. The predicted octanol–water partition coefficient (Wildman–Crippen LogP) is 1.93. The molecule has 0 aliphatic rings. The number of ether oxygens (including phenoxy) is 1. The van der Waals surface area contributed by atoms with Gasteiger partial charge in [-0.15, -0.1) is 0 Å². The van der Waals surface area contributed by atoms with Gasteiger partial charge in [0.25, 0.3) is 0 Å². The average Bonchev–Trinajstić information content (AvgIpc) is 2.35. The van der Waals surface area contributed by atoms with Crippen LogP contribution in [-0.4, -0.2) is 38.4 Å². The van der Waals surface area contributed by atoms with Crippen LogP contribution in [0.3, 0.4) is 0 Å². The molecule has 1 rings (SSSR count). The monoisotopic (exact) mass is 294 g/mol. The Labute approximate surface area is 113 Å². The summed E-state index contributed by atoms with van der Waals surface area (Å²) >= 11 is 0. The van der Waals surface area contributed by atoms with E-state index in [2.05, 4.69) is 15.4 Å². The van der Waals surface area contributed by atoms with Crippen molar-refractivity contribution in [1.82, 2.24) is 5.32 Å². The molecule has 4 nitrogen and oxygen atoms in total. The van der Waals surface area contributed by atoms with Crippen molar-refractivity contribution < 1.29 is 27.1 Å². The third-order valence-corrected chi connectivity index (χ3v) is 2.12. The molecule has 1 aromatic carbocycles. The van der Waals surface area contributed by atoms with Crippen LogP contribution in [0.1, 0.15) is 0 Å². The van der Waals surface area contributed by atoms with Gasteiger partial charge in [0.1, 0.15) is 12.4 Å². The highest BCUT2D eigenvalue weighted by Gasteiger charge is 2.27. The van der Waals surface area contributed by atoms with Crippen LogP contribution >= 0.6 is 0 Å². The molecule has 0 aromatic heterocycles. The third kappa shape index (κ3) is 7.05. The Hall–Kier alpha value is -1.67. The van der Waals surface area contributed by atoms with Crippen molar-refractivity contribution in [3.8, 4) is 0 Å². The fourth-order valence-electron chi connectivity index (χ4n) is 1.29. The quantitative estimate of drug-likeness (QED) is 0.597. The number of benzene rings is 1. The van der Waals surface area contributed by atoms with Gasteiger partial charge in [0.2, 0.25) is 5.91 Å². The van der Waals surface area contributed by atoms with Gasteiger partial charge in [0, 0.05) is 6.54 Å². The summed E-state index contributed by atoms with van der Waals surface area (Å²) in [6.07, 6.45) is -4.36. The lowest BCUT2D eigenvalue weighted by Crippen LogP contribution is -2.31. The summed E-state index contributed by atoms with van der Waals surface area (Å²) in [6.45, 7) is -1.56. The fourth-order valence-corrected chi connectivity index (χ4v) is 1.29. The maximum absolute atomic E-state index is 13.2. The minimum absolute atomic E-state index is 0.0487. The second-order valence-corrected chi connectivity index (χ2v) is 3.87. The van der Waals surface area contributed by atoms with E-state index < -0.39 is 24.5 Å². The van der Waals surface area contributed by atoms with E-state index in [9.17, 15) is 22.4 Å². The Bertz CT molecular complexity index is 438. The topological polar surface area (TPSA) is 50.4 Å². The minimum Gasteiger partial charge on any atom is -0.371 e. The van der Waals surface area contributed by atoms with Gasteiger partial charge in [-0.05, 0) is 12.1 Å². The Morgan fingerprint density at radius 1 is 1.25 bits per heavy atom. The van der Waals surface area contributed by atoms with Gasteiger partial charge in [-0.25, -0.2) is 4.39 Å². The first-order valence-electron chi connectivity index (χ1n) is 5.78. The zero-order chi connectivity index (χ0) is 15.0. The standard InChI is InChI=1S/C12H14F4N2O2/c13-9-3-1-2-4-10(9)18-11(19)7-17-5-6-20-8-12(14,15)16/h1-4,17H,5-8H2,(H,18,19). The molecule has 0 heterocycles. The van der Waals surface area contributed by atoms with Crippen LogP contribution in [0.5, 0.6) is 0 Å². The van der Waals surface area contributed by atoms with Crippen LogP contribution in [0.25, 0.3) is 0 Å². The molecular weight excluding hydrogens is 280 g/mol. The maximum atomic E-state index is 13.2. The lowest BCUT2D eigenvalue weighted by atomic mass is 10.3. The number of carbonyl (C=O) groups is 1. The number of hydrogen-bond acceptors (Lipinski definition) is 3. The number of carbonyl (C=O) groups excluding carboxylic acids is 1. The average molecular weight is 294 g/mol. The smallest absolute Gasteiger partial charge is 0.371 e. The molecule has 0 saturated carbocycles. The minimum atomic E-state index is -4.36. The molecule has 0 spiro atoms.